The fraction of sp³-hybridized carbons (Fsp3) is 0.263. The maximum atomic E-state index is 3.72. The van der Waals surface area contributed by atoms with Gasteiger partial charge in [0.05, 0.1) is 6.04 Å². The van der Waals surface area contributed by atoms with Crippen LogP contribution in [0.2, 0.25) is 0 Å². The van der Waals surface area contributed by atoms with Crippen LogP contribution in [-0.4, -0.2) is 11.5 Å². The second-order valence-electron chi connectivity index (χ2n) is 6.18. The molecule has 0 saturated carbocycles. The Labute approximate surface area is 144 Å². The molecule has 1 unspecified atom stereocenters. The van der Waals surface area contributed by atoms with Gasteiger partial charge in [-0.05, 0) is 71.7 Å². The smallest absolute Gasteiger partial charge is 0.0742 e. The standard InChI is InChI=1S/C19H19IN2/c1-11-9-12(2)17-15(10-11)13-7-8-21-18(19(13)22-17)14-5-3-4-6-16(14)20/h3-6,9-10,18,21-22H,7-8H2,1-2H3. The van der Waals surface area contributed by atoms with Gasteiger partial charge in [-0.2, -0.15) is 0 Å². The monoisotopic (exact) mass is 402 g/mol. The fourth-order valence-corrected chi connectivity index (χ4v) is 4.36. The number of fused-ring (bicyclic) bond motifs is 3. The van der Waals surface area contributed by atoms with Gasteiger partial charge in [0.25, 0.3) is 0 Å². The molecule has 2 N–H and O–H groups in total. The van der Waals surface area contributed by atoms with Crippen LogP contribution in [0.3, 0.4) is 0 Å². The maximum absolute atomic E-state index is 3.72. The third kappa shape index (κ3) is 2.18. The van der Waals surface area contributed by atoms with Gasteiger partial charge in [0, 0.05) is 26.7 Å². The zero-order valence-corrected chi connectivity index (χ0v) is 15.0. The summed E-state index contributed by atoms with van der Waals surface area (Å²) in [6.45, 7) is 5.42. The SMILES string of the molecule is Cc1cc(C)c2[nH]c3c(c2c1)CCNC3c1ccccc1I. The molecule has 0 spiro atoms. The molecular weight excluding hydrogens is 383 g/mol. The van der Waals surface area contributed by atoms with Crippen molar-refractivity contribution in [3.63, 3.8) is 0 Å². The Hall–Kier alpha value is -1.33. The number of aromatic amines is 1. The molecule has 3 heteroatoms. The van der Waals surface area contributed by atoms with Crippen molar-refractivity contribution in [1.29, 1.82) is 0 Å². The number of hydrogen-bond donors (Lipinski definition) is 2. The molecule has 4 rings (SSSR count). The van der Waals surface area contributed by atoms with Crippen molar-refractivity contribution in [3.8, 4) is 0 Å². The van der Waals surface area contributed by atoms with E-state index in [1.807, 2.05) is 0 Å². The van der Waals surface area contributed by atoms with Crippen LogP contribution in [0.1, 0.15) is 34.0 Å². The van der Waals surface area contributed by atoms with E-state index in [9.17, 15) is 0 Å². The normalized spacial score (nSPS) is 17.7. The predicted molar refractivity (Wildman–Crippen MR) is 100 cm³/mol. The molecule has 0 radical (unpaired) electrons. The van der Waals surface area contributed by atoms with E-state index in [4.69, 9.17) is 0 Å². The number of nitrogens with one attached hydrogen (secondary N) is 2. The van der Waals surface area contributed by atoms with Gasteiger partial charge in [0.15, 0.2) is 0 Å². The molecule has 0 saturated heterocycles. The second kappa shape index (κ2) is 5.39. The maximum Gasteiger partial charge on any atom is 0.0742 e. The first-order valence-electron chi connectivity index (χ1n) is 7.74. The van der Waals surface area contributed by atoms with Crippen LogP contribution in [0.25, 0.3) is 10.9 Å². The molecular formula is C19H19IN2. The molecule has 22 heavy (non-hydrogen) atoms. The van der Waals surface area contributed by atoms with Gasteiger partial charge in [0.2, 0.25) is 0 Å². The Balaban J connectivity index is 1.95. The molecule has 0 bridgehead atoms. The molecule has 1 aromatic heterocycles. The highest BCUT2D eigenvalue weighted by Gasteiger charge is 2.26. The summed E-state index contributed by atoms with van der Waals surface area (Å²) >= 11 is 2.44. The first kappa shape index (κ1) is 14.3. The van der Waals surface area contributed by atoms with Gasteiger partial charge >= 0.3 is 0 Å². The molecule has 0 amide bonds. The summed E-state index contributed by atoms with van der Waals surface area (Å²) in [5.74, 6) is 0. The summed E-state index contributed by atoms with van der Waals surface area (Å²) in [6.07, 6.45) is 1.10. The van der Waals surface area contributed by atoms with Crippen LogP contribution in [-0.2, 0) is 6.42 Å². The number of rotatable bonds is 1. The molecule has 2 aromatic carbocycles. The average molecular weight is 402 g/mol. The Kier molecular flexibility index (Phi) is 3.50. The van der Waals surface area contributed by atoms with Crippen molar-refractivity contribution in [1.82, 2.24) is 10.3 Å². The Bertz CT molecular complexity index is 863. The van der Waals surface area contributed by atoms with Crippen molar-refractivity contribution >= 4 is 33.5 Å². The Morgan fingerprint density at radius 1 is 1.14 bits per heavy atom. The third-order valence-corrected chi connectivity index (χ3v) is 5.60. The average Bonchev–Trinajstić information content (AvgIpc) is 2.87. The van der Waals surface area contributed by atoms with Crippen LogP contribution in [0.5, 0.6) is 0 Å². The highest BCUT2D eigenvalue weighted by atomic mass is 127. The first-order valence-corrected chi connectivity index (χ1v) is 8.82. The van der Waals surface area contributed by atoms with Crippen molar-refractivity contribution in [2.75, 3.05) is 6.54 Å². The predicted octanol–water partition coefficient (Wildman–Crippen LogP) is 4.62. The van der Waals surface area contributed by atoms with E-state index in [1.165, 1.54) is 42.4 Å². The minimum absolute atomic E-state index is 0.268. The topological polar surface area (TPSA) is 27.8 Å². The quantitative estimate of drug-likeness (QED) is 0.571. The summed E-state index contributed by atoms with van der Waals surface area (Å²) in [6, 6.07) is 13.5. The summed E-state index contributed by atoms with van der Waals surface area (Å²) in [5, 5.41) is 5.10. The number of hydrogen-bond acceptors (Lipinski definition) is 1. The van der Waals surface area contributed by atoms with E-state index in [0.29, 0.717) is 0 Å². The molecule has 1 aliphatic rings. The van der Waals surface area contributed by atoms with E-state index >= 15 is 0 Å². The lowest BCUT2D eigenvalue weighted by Crippen LogP contribution is -2.30. The Morgan fingerprint density at radius 2 is 1.95 bits per heavy atom. The van der Waals surface area contributed by atoms with Crippen LogP contribution in [0.4, 0.5) is 0 Å². The van der Waals surface area contributed by atoms with E-state index in [-0.39, 0.29) is 6.04 Å². The fourth-order valence-electron chi connectivity index (χ4n) is 3.66. The first-order chi connectivity index (χ1) is 10.6. The molecule has 112 valence electrons. The van der Waals surface area contributed by atoms with Crippen molar-refractivity contribution in [2.24, 2.45) is 0 Å². The number of aromatic nitrogens is 1. The minimum Gasteiger partial charge on any atom is -0.356 e. The van der Waals surface area contributed by atoms with E-state index in [2.05, 4.69) is 83.1 Å². The van der Waals surface area contributed by atoms with Crippen LogP contribution >= 0.6 is 22.6 Å². The summed E-state index contributed by atoms with van der Waals surface area (Å²) in [7, 11) is 0. The third-order valence-electron chi connectivity index (χ3n) is 4.62. The molecule has 2 nitrogen and oxygen atoms in total. The molecule has 3 aromatic rings. The van der Waals surface area contributed by atoms with Gasteiger partial charge in [-0.3, -0.25) is 0 Å². The van der Waals surface area contributed by atoms with Gasteiger partial charge in [-0.1, -0.05) is 29.8 Å². The zero-order valence-electron chi connectivity index (χ0n) is 12.8. The molecule has 0 aliphatic carbocycles. The zero-order chi connectivity index (χ0) is 15.3. The van der Waals surface area contributed by atoms with Gasteiger partial charge in [-0.25, -0.2) is 0 Å². The largest absolute Gasteiger partial charge is 0.356 e. The lowest BCUT2D eigenvalue weighted by atomic mass is 9.94. The lowest BCUT2D eigenvalue weighted by molar-refractivity contribution is 0.558. The van der Waals surface area contributed by atoms with Gasteiger partial charge < -0.3 is 10.3 Å². The second-order valence-corrected chi connectivity index (χ2v) is 7.34. The van der Waals surface area contributed by atoms with Gasteiger partial charge in [0.1, 0.15) is 0 Å². The number of aryl methyl sites for hydroxylation is 2. The minimum atomic E-state index is 0.268. The van der Waals surface area contributed by atoms with E-state index < -0.39 is 0 Å². The van der Waals surface area contributed by atoms with Crippen molar-refractivity contribution in [2.45, 2.75) is 26.3 Å². The molecule has 2 heterocycles. The summed E-state index contributed by atoms with van der Waals surface area (Å²) in [4.78, 5) is 3.72. The van der Waals surface area contributed by atoms with E-state index in [1.54, 1.807) is 0 Å². The van der Waals surface area contributed by atoms with Crippen LogP contribution in [0.15, 0.2) is 36.4 Å². The van der Waals surface area contributed by atoms with Crippen molar-refractivity contribution in [3.05, 3.63) is 67.9 Å². The van der Waals surface area contributed by atoms with Crippen LogP contribution in [0, 0.1) is 17.4 Å². The highest BCUT2D eigenvalue weighted by Crippen LogP contribution is 2.36. The number of benzene rings is 2. The summed E-state index contributed by atoms with van der Waals surface area (Å²) in [5.41, 5.74) is 8.19. The number of halogens is 1. The van der Waals surface area contributed by atoms with Gasteiger partial charge in [-0.15, -0.1) is 0 Å². The van der Waals surface area contributed by atoms with Crippen molar-refractivity contribution < 1.29 is 0 Å². The van der Waals surface area contributed by atoms with Crippen LogP contribution < -0.4 is 5.32 Å². The lowest BCUT2D eigenvalue weighted by Gasteiger charge is -2.25. The molecule has 0 fully saturated rings. The highest BCUT2D eigenvalue weighted by molar-refractivity contribution is 14.1. The molecule has 1 aliphatic heterocycles. The van der Waals surface area contributed by atoms with E-state index in [0.717, 1.165) is 13.0 Å². The number of H-pyrrole nitrogens is 1. The summed E-state index contributed by atoms with van der Waals surface area (Å²) < 4.78 is 1.32. The molecule has 1 atom stereocenters. The Morgan fingerprint density at radius 3 is 2.77 bits per heavy atom.